The van der Waals surface area contributed by atoms with Crippen molar-refractivity contribution in [3.8, 4) is 0 Å². The second kappa shape index (κ2) is 7.60. The molecule has 1 aliphatic heterocycles. The maximum atomic E-state index is 13.2. The molecule has 2 aromatic rings. The van der Waals surface area contributed by atoms with Crippen molar-refractivity contribution in [1.29, 1.82) is 0 Å². The number of aryl methyl sites for hydroxylation is 2. The minimum Gasteiger partial charge on any atom is -0.379 e. The van der Waals surface area contributed by atoms with Gasteiger partial charge in [0.25, 0.3) is 5.91 Å². The third-order valence-corrected chi connectivity index (χ3v) is 5.58. The van der Waals surface area contributed by atoms with Crippen molar-refractivity contribution in [3.05, 3.63) is 70.8 Å². The summed E-state index contributed by atoms with van der Waals surface area (Å²) in [5.41, 5.74) is 3.60. The summed E-state index contributed by atoms with van der Waals surface area (Å²) in [6, 6.07) is 16.0. The molecule has 1 aliphatic rings. The van der Waals surface area contributed by atoms with Crippen molar-refractivity contribution in [1.82, 2.24) is 10.2 Å². The molecular weight excluding hydrogens is 324 g/mol. The minimum absolute atomic E-state index is 0.0254. The van der Waals surface area contributed by atoms with E-state index < -0.39 is 0 Å². The Kier molecular flexibility index (Phi) is 5.44. The van der Waals surface area contributed by atoms with Crippen LogP contribution in [-0.2, 0) is 4.74 Å². The van der Waals surface area contributed by atoms with Crippen molar-refractivity contribution >= 4 is 5.91 Å². The van der Waals surface area contributed by atoms with E-state index in [0.717, 1.165) is 28.7 Å². The third kappa shape index (κ3) is 3.39. The summed E-state index contributed by atoms with van der Waals surface area (Å²) in [5, 5.41) is 3.33. The summed E-state index contributed by atoms with van der Waals surface area (Å²) in [5.74, 6) is -0.0254. The molecule has 26 heavy (non-hydrogen) atoms. The Hall–Kier alpha value is -2.17. The number of carbonyl (C=O) groups is 1. The molecule has 0 radical (unpaired) electrons. The molecule has 1 heterocycles. The molecule has 3 rings (SSSR count). The van der Waals surface area contributed by atoms with Crippen LogP contribution in [0.4, 0.5) is 0 Å². The molecular formula is C22H28N2O2. The molecule has 2 atom stereocenters. The van der Waals surface area contributed by atoms with Gasteiger partial charge in [0.1, 0.15) is 0 Å². The summed E-state index contributed by atoms with van der Waals surface area (Å²) in [7, 11) is 4.13. The maximum Gasteiger partial charge on any atom is 0.252 e. The van der Waals surface area contributed by atoms with Crippen molar-refractivity contribution in [2.45, 2.75) is 31.8 Å². The van der Waals surface area contributed by atoms with Gasteiger partial charge in [-0.25, -0.2) is 0 Å². The molecule has 0 saturated carbocycles. The average Bonchev–Trinajstić information content (AvgIpc) is 3.11. The molecule has 2 aromatic carbocycles. The van der Waals surface area contributed by atoms with Crippen LogP contribution in [0.15, 0.2) is 48.5 Å². The van der Waals surface area contributed by atoms with E-state index in [1.54, 1.807) is 0 Å². The SMILES string of the molecule is Cc1cccc(C)c1C(=O)NC(c1ccccc1)C1(N(C)C)CCOC1. The van der Waals surface area contributed by atoms with Gasteiger partial charge in [0, 0.05) is 12.2 Å². The Bertz CT molecular complexity index is 745. The molecule has 1 saturated heterocycles. The van der Waals surface area contributed by atoms with Gasteiger partial charge in [-0.3, -0.25) is 9.69 Å². The molecule has 2 unspecified atom stereocenters. The fourth-order valence-electron chi connectivity index (χ4n) is 3.96. The first-order valence-electron chi connectivity index (χ1n) is 9.13. The van der Waals surface area contributed by atoms with E-state index in [0.29, 0.717) is 13.2 Å². The van der Waals surface area contributed by atoms with Crippen LogP contribution in [0.25, 0.3) is 0 Å². The normalized spacial score (nSPS) is 21.0. The van der Waals surface area contributed by atoms with E-state index in [4.69, 9.17) is 4.74 Å². The standard InChI is InChI=1S/C22H28N2O2/c1-16-9-8-10-17(2)19(16)21(25)23-20(18-11-6-5-7-12-18)22(24(3)4)13-14-26-15-22/h5-12,20H,13-15H2,1-4H3,(H,23,25). The molecule has 4 nitrogen and oxygen atoms in total. The highest BCUT2D eigenvalue weighted by atomic mass is 16.5. The maximum absolute atomic E-state index is 13.2. The number of hydrogen-bond donors (Lipinski definition) is 1. The zero-order valence-corrected chi connectivity index (χ0v) is 16.1. The van der Waals surface area contributed by atoms with Gasteiger partial charge in [0.2, 0.25) is 0 Å². The van der Waals surface area contributed by atoms with Crippen molar-refractivity contribution in [2.75, 3.05) is 27.3 Å². The average molecular weight is 352 g/mol. The van der Waals surface area contributed by atoms with Crippen LogP contribution in [0.5, 0.6) is 0 Å². The minimum atomic E-state index is -0.256. The number of hydrogen-bond acceptors (Lipinski definition) is 3. The molecule has 1 amide bonds. The van der Waals surface area contributed by atoms with Gasteiger partial charge in [0.05, 0.1) is 18.2 Å². The fraction of sp³-hybridized carbons (Fsp3) is 0.409. The predicted octanol–water partition coefficient (Wildman–Crippen LogP) is 3.50. The number of carbonyl (C=O) groups excluding carboxylic acids is 1. The zero-order valence-electron chi connectivity index (χ0n) is 16.1. The lowest BCUT2D eigenvalue weighted by molar-refractivity contribution is 0.0633. The van der Waals surface area contributed by atoms with Gasteiger partial charge in [0.15, 0.2) is 0 Å². The van der Waals surface area contributed by atoms with Crippen LogP contribution in [0.3, 0.4) is 0 Å². The molecule has 0 bridgehead atoms. The molecule has 0 aromatic heterocycles. The number of nitrogens with one attached hydrogen (secondary N) is 1. The number of benzene rings is 2. The highest BCUT2D eigenvalue weighted by Crippen LogP contribution is 2.37. The van der Waals surface area contributed by atoms with Crippen LogP contribution in [0, 0.1) is 13.8 Å². The van der Waals surface area contributed by atoms with E-state index in [2.05, 4.69) is 36.4 Å². The predicted molar refractivity (Wildman–Crippen MR) is 104 cm³/mol. The summed E-state index contributed by atoms with van der Waals surface area (Å²) in [6.07, 6.45) is 0.882. The van der Waals surface area contributed by atoms with Crippen LogP contribution in [0.2, 0.25) is 0 Å². The van der Waals surface area contributed by atoms with Gasteiger partial charge in [-0.2, -0.15) is 0 Å². The highest BCUT2D eigenvalue weighted by molar-refractivity contribution is 5.97. The van der Waals surface area contributed by atoms with Crippen molar-refractivity contribution in [2.24, 2.45) is 0 Å². The molecule has 1 N–H and O–H groups in total. The van der Waals surface area contributed by atoms with E-state index in [-0.39, 0.29) is 17.5 Å². The number of likely N-dealkylation sites (N-methyl/N-ethyl adjacent to an activating group) is 1. The monoisotopic (exact) mass is 352 g/mol. The van der Waals surface area contributed by atoms with Crippen LogP contribution in [0.1, 0.15) is 39.5 Å². The molecule has 0 spiro atoms. The van der Waals surface area contributed by atoms with Gasteiger partial charge in [-0.05, 0) is 51.1 Å². The van der Waals surface area contributed by atoms with Gasteiger partial charge >= 0.3 is 0 Å². The Labute approximate surface area is 156 Å². The first-order chi connectivity index (χ1) is 12.5. The lowest BCUT2D eigenvalue weighted by Gasteiger charge is -2.42. The van der Waals surface area contributed by atoms with Crippen LogP contribution >= 0.6 is 0 Å². The Morgan fingerprint density at radius 2 is 1.73 bits per heavy atom. The van der Waals surface area contributed by atoms with Gasteiger partial charge < -0.3 is 10.1 Å². The number of nitrogens with zero attached hydrogens (tertiary/aromatic N) is 1. The fourth-order valence-corrected chi connectivity index (χ4v) is 3.96. The van der Waals surface area contributed by atoms with Crippen LogP contribution in [-0.4, -0.2) is 43.7 Å². The van der Waals surface area contributed by atoms with E-state index in [1.807, 2.05) is 50.2 Å². The van der Waals surface area contributed by atoms with Gasteiger partial charge in [-0.15, -0.1) is 0 Å². The van der Waals surface area contributed by atoms with Crippen LogP contribution < -0.4 is 5.32 Å². The largest absolute Gasteiger partial charge is 0.379 e. The van der Waals surface area contributed by atoms with Crippen molar-refractivity contribution in [3.63, 3.8) is 0 Å². The number of rotatable bonds is 5. The number of amides is 1. The second-order valence-corrected chi connectivity index (χ2v) is 7.38. The lowest BCUT2D eigenvalue weighted by Crippen LogP contribution is -2.55. The summed E-state index contributed by atoms with van der Waals surface area (Å²) < 4.78 is 5.77. The van der Waals surface area contributed by atoms with Crippen molar-refractivity contribution < 1.29 is 9.53 Å². The van der Waals surface area contributed by atoms with E-state index in [1.165, 1.54) is 0 Å². The summed E-state index contributed by atoms with van der Waals surface area (Å²) in [4.78, 5) is 15.4. The topological polar surface area (TPSA) is 41.6 Å². The third-order valence-electron chi connectivity index (χ3n) is 5.58. The molecule has 0 aliphatic carbocycles. The quantitative estimate of drug-likeness (QED) is 0.895. The van der Waals surface area contributed by atoms with E-state index >= 15 is 0 Å². The summed E-state index contributed by atoms with van der Waals surface area (Å²) in [6.45, 7) is 5.28. The number of ether oxygens (including phenoxy) is 1. The Morgan fingerprint density at radius 3 is 2.27 bits per heavy atom. The highest BCUT2D eigenvalue weighted by Gasteiger charge is 2.46. The Balaban J connectivity index is 2.01. The first-order valence-corrected chi connectivity index (χ1v) is 9.13. The van der Waals surface area contributed by atoms with Gasteiger partial charge in [-0.1, -0.05) is 48.5 Å². The summed E-state index contributed by atoms with van der Waals surface area (Å²) >= 11 is 0. The lowest BCUT2D eigenvalue weighted by atomic mass is 9.83. The smallest absolute Gasteiger partial charge is 0.252 e. The first kappa shape index (κ1) is 18.6. The Morgan fingerprint density at radius 1 is 1.08 bits per heavy atom. The second-order valence-electron chi connectivity index (χ2n) is 7.38. The molecule has 1 fully saturated rings. The molecule has 4 heteroatoms. The molecule has 138 valence electrons. The van der Waals surface area contributed by atoms with E-state index in [9.17, 15) is 4.79 Å². The zero-order chi connectivity index (χ0) is 18.7.